The van der Waals surface area contributed by atoms with Gasteiger partial charge in [-0.25, -0.2) is 0 Å². The van der Waals surface area contributed by atoms with E-state index in [0.717, 1.165) is 30.6 Å². The van der Waals surface area contributed by atoms with Crippen LogP contribution in [0.4, 0.5) is 0 Å². The minimum atomic E-state index is -0.323. The van der Waals surface area contributed by atoms with Crippen molar-refractivity contribution in [2.75, 3.05) is 6.61 Å². The lowest BCUT2D eigenvalue weighted by molar-refractivity contribution is 0.0930. The molecule has 1 fully saturated rings. The number of ether oxygens (including phenoxy) is 1. The Hall–Kier alpha value is -3.11. The molecule has 1 aliphatic rings. The smallest absolute Gasteiger partial charge is 0.252 e. The number of fused-ring (bicyclic) bond motifs is 1. The van der Waals surface area contributed by atoms with E-state index in [1.807, 2.05) is 25.1 Å². The zero-order valence-corrected chi connectivity index (χ0v) is 19.3. The van der Waals surface area contributed by atoms with Gasteiger partial charge in [0.05, 0.1) is 12.1 Å². The van der Waals surface area contributed by atoms with Crippen LogP contribution in [0.2, 0.25) is 0 Å². The molecule has 4 heteroatoms. The van der Waals surface area contributed by atoms with Crippen molar-refractivity contribution in [2.24, 2.45) is 0 Å². The molecule has 0 spiro atoms. The highest BCUT2D eigenvalue weighted by atomic mass is 32.1. The number of hydrogen-bond donors (Lipinski definition) is 1. The van der Waals surface area contributed by atoms with Crippen LogP contribution in [-0.2, 0) is 5.54 Å². The number of nitrogens with one attached hydrogen (secondary N) is 1. The van der Waals surface area contributed by atoms with Gasteiger partial charge in [-0.3, -0.25) is 4.79 Å². The molecule has 1 aromatic heterocycles. The first-order chi connectivity index (χ1) is 15.6. The zero-order valence-electron chi connectivity index (χ0n) is 18.5. The number of amides is 1. The van der Waals surface area contributed by atoms with Crippen LogP contribution >= 0.6 is 11.3 Å². The molecule has 1 amide bonds. The summed E-state index contributed by atoms with van der Waals surface area (Å²) in [6, 6.07) is 23.0. The lowest BCUT2D eigenvalue weighted by atomic mass is 9.93. The minimum Gasteiger partial charge on any atom is -0.494 e. The van der Waals surface area contributed by atoms with E-state index in [1.54, 1.807) is 11.3 Å². The quantitative estimate of drug-likeness (QED) is 0.333. The fourth-order valence-electron chi connectivity index (χ4n) is 4.32. The van der Waals surface area contributed by atoms with Crippen molar-refractivity contribution >= 4 is 28.0 Å². The fourth-order valence-corrected chi connectivity index (χ4v) is 5.03. The van der Waals surface area contributed by atoms with E-state index in [2.05, 4.69) is 66.2 Å². The van der Waals surface area contributed by atoms with Gasteiger partial charge in [-0.2, -0.15) is 0 Å². The molecule has 1 heterocycles. The first kappa shape index (κ1) is 20.8. The van der Waals surface area contributed by atoms with Crippen molar-refractivity contribution < 1.29 is 9.53 Å². The van der Waals surface area contributed by atoms with Crippen LogP contribution in [0.15, 0.2) is 72.1 Å². The summed E-state index contributed by atoms with van der Waals surface area (Å²) in [7, 11) is 0. The Labute approximate surface area is 193 Å². The molecule has 1 saturated carbocycles. The second-order valence-corrected chi connectivity index (χ2v) is 9.53. The summed E-state index contributed by atoms with van der Waals surface area (Å²) in [5, 5.41) is 7.92. The van der Waals surface area contributed by atoms with Gasteiger partial charge in [-0.1, -0.05) is 43.3 Å². The normalized spacial score (nSPS) is 14.3. The highest BCUT2D eigenvalue weighted by Crippen LogP contribution is 2.49. The lowest BCUT2D eigenvalue weighted by Gasteiger charge is -2.22. The van der Waals surface area contributed by atoms with Crippen molar-refractivity contribution in [3.05, 3.63) is 88.8 Å². The Balaban J connectivity index is 1.52. The number of carbonyl (C=O) groups excluding carboxylic acids is 1. The third kappa shape index (κ3) is 3.91. The molecule has 0 aliphatic heterocycles. The average Bonchev–Trinajstić information content (AvgIpc) is 3.37. The number of thiophene rings is 1. The van der Waals surface area contributed by atoms with Gasteiger partial charge in [0.1, 0.15) is 5.75 Å². The second-order valence-electron chi connectivity index (χ2n) is 8.58. The molecular formula is C28H27NO2S. The summed E-state index contributed by atoms with van der Waals surface area (Å²) >= 11 is 1.74. The first-order valence-corrected chi connectivity index (χ1v) is 12.1. The number of rotatable bonds is 7. The predicted molar refractivity (Wildman–Crippen MR) is 133 cm³/mol. The maximum atomic E-state index is 13.4. The van der Waals surface area contributed by atoms with Gasteiger partial charge >= 0.3 is 0 Å². The van der Waals surface area contributed by atoms with Crippen molar-refractivity contribution in [3.63, 3.8) is 0 Å². The standard InChI is InChI=1S/C28H27NO2S/c1-3-14-31-22-11-10-19(2)24(18-22)27(30)29-28(12-13-28)25-17-21(26-9-6-15-32-26)16-20-7-4-5-8-23(20)25/h4-11,15-18H,3,12-14H2,1-2H3,(H,29,30). The maximum absolute atomic E-state index is 13.4. The van der Waals surface area contributed by atoms with Gasteiger partial charge in [0, 0.05) is 10.4 Å². The Kier molecular flexibility index (Phi) is 5.48. The van der Waals surface area contributed by atoms with Gasteiger partial charge < -0.3 is 10.1 Å². The summed E-state index contributed by atoms with van der Waals surface area (Å²) in [5.74, 6) is 0.713. The van der Waals surface area contributed by atoms with Crippen LogP contribution < -0.4 is 10.1 Å². The third-order valence-electron chi connectivity index (χ3n) is 6.21. The maximum Gasteiger partial charge on any atom is 0.252 e. The van der Waals surface area contributed by atoms with Crippen LogP contribution in [0.25, 0.3) is 21.2 Å². The van der Waals surface area contributed by atoms with E-state index in [9.17, 15) is 4.79 Å². The Bertz CT molecular complexity index is 1270. The molecule has 5 rings (SSSR count). The third-order valence-corrected chi connectivity index (χ3v) is 7.13. The van der Waals surface area contributed by atoms with Crippen LogP contribution in [0.5, 0.6) is 5.75 Å². The molecule has 1 N–H and O–H groups in total. The van der Waals surface area contributed by atoms with Crippen LogP contribution in [-0.4, -0.2) is 12.5 Å². The molecule has 0 radical (unpaired) electrons. The van der Waals surface area contributed by atoms with Crippen LogP contribution in [0.1, 0.15) is 47.7 Å². The molecule has 4 aromatic rings. The topological polar surface area (TPSA) is 38.3 Å². The minimum absolute atomic E-state index is 0.0347. The van der Waals surface area contributed by atoms with E-state index in [0.29, 0.717) is 12.2 Å². The van der Waals surface area contributed by atoms with Crippen molar-refractivity contribution in [1.82, 2.24) is 5.32 Å². The largest absolute Gasteiger partial charge is 0.494 e. The van der Waals surface area contributed by atoms with Gasteiger partial charge in [0.15, 0.2) is 0 Å². The van der Waals surface area contributed by atoms with E-state index in [4.69, 9.17) is 4.74 Å². The highest BCUT2D eigenvalue weighted by Gasteiger charge is 2.47. The fraction of sp³-hybridized carbons (Fsp3) is 0.250. The second kappa shape index (κ2) is 8.44. The summed E-state index contributed by atoms with van der Waals surface area (Å²) in [6.45, 7) is 4.70. The molecule has 0 unspecified atom stereocenters. The zero-order chi connectivity index (χ0) is 22.1. The molecule has 1 aliphatic carbocycles. The van der Waals surface area contributed by atoms with E-state index < -0.39 is 0 Å². The molecule has 32 heavy (non-hydrogen) atoms. The summed E-state index contributed by atoms with van der Waals surface area (Å²) < 4.78 is 5.77. The van der Waals surface area contributed by atoms with Gasteiger partial charge in [0.25, 0.3) is 5.91 Å². The van der Waals surface area contributed by atoms with Crippen molar-refractivity contribution in [2.45, 2.75) is 38.6 Å². The van der Waals surface area contributed by atoms with Crippen LogP contribution in [0, 0.1) is 6.92 Å². The highest BCUT2D eigenvalue weighted by molar-refractivity contribution is 7.13. The molecule has 3 nitrogen and oxygen atoms in total. The average molecular weight is 442 g/mol. The number of carbonyl (C=O) groups is 1. The summed E-state index contributed by atoms with van der Waals surface area (Å²) in [5.41, 5.74) is 3.74. The van der Waals surface area contributed by atoms with E-state index in [-0.39, 0.29) is 11.4 Å². The van der Waals surface area contributed by atoms with Gasteiger partial charge in [-0.15, -0.1) is 11.3 Å². The number of hydrogen-bond acceptors (Lipinski definition) is 3. The molecular weight excluding hydrogens is 414 g/mol. The number of aryl methyl sites for hydroxylation is 1. The predicted octanol–water partition coefficient (Wildman–Crippen LogP) is 7.08. The monoisotopic (exact) mass is 441 g/mol. The van der Waals surface area contributed by atoms with E-state index in [1.165, 1.54) is 26.8 Å². The molecule has 162 valence electrons. The number of benzene rings is 3. The van der Waals surface area contributed by atoms with Crippen LogP contribution in [0.3, 0.4) is 0 Å². The van der Waals surface area contributed by atoms with Gasteiger partial charge in [0.2, 0.25) is 0 Å². The van der Waals surface area contributed by atoms with Crippen molar-refractivity contribution in [3.8, 4) is 16.2 Å². The molecule has 3 aromatic carbocycles. The first-order valence-electron chi connectivity index (χ1n) is 11.2. The molecule has 0 saturated heterocycles. The Morgan fingerprint density at radius 1 is 1.06 bits per heavy atom. The van der Waals surface area contributed by atoms with Crippen molar-refractivity contribution in [1.29, 1.82) is 0 Å². The van der Waals surface area contributed by atoms with Gasteiger partial charge in [-0.05, 0) is 89.4 Å². The Morgan fingerprint density at radius 3 is 2.66 bits per heavy atom. The Morgan fingerprint density at radius 2 is 1.91 bits per heavy atom. The lowest BCUT2D eigenvalue weighted by Crippen LogP contribution is -2.35. The SMILES string of the molecule is CCCOc1ccc(C)c(C(=O)NC2(c3cc(-c4cccs4)cc4ccccc34)CC2)c1. The summed E-state index contributed by atoms with van der Waals surface area (Å²) in [4.78, 5) is 14.7. The van der Waals surface area contributed by atoms with E-state index >= 15 is 0 Å². The molecule has 0 bridgehead atoms. The summed E-state index contributed by atoms with van der Waals surface area (Å²) in [6.07, 6.45) is 2.83. The molecule has 0 atom stereocenters.